The highest BCUT2D eigenvalue weighted by atomic mass is 32.2. The molecule has 1 saturated heterocycles. The van der Waals surface area contributed by atoms with E-state index in [2.05, 4.69) is 17.2 Å². The predicted octanol–water partition coefficient (Wildman–Crippen LogP) is 6.17. The van der Waals surface area contributed by atoms with Gasteiger partial charge in [-0.2, -0.15) is 0 Å². The van der Waals surface area contributed by atoms with Crippen LogP contribution in [0.4, 0.5) is 4.79 Å². The lowest BCUT2D eigenvalue weighted by molar-refractivity contribution is -0.147. The van der Waals surface area contributed by atoms with E-state index < -0.39 is 36.0 Å². The van der Waals surface area contributed by atoms with Crippen molar-refractivity contribution in [1.82, 2.24) is 14.8 Å². The van der Waals surface area contributed by atoms with Crippen LogP contribution in [-0.2, 0) is 30.9 Å². The molecule has 0 spiro atoms. The van der Waals surface area contributed by atoms with Crippen molar-refractivity contribution in [2.75, 3.05) is 13.7 Å². The van der Waals surface area contributed by atoms with E-state index >= 15 is 0 Å². The van der Waals surface area contributed by atoms with Gasteiger partial charge in [0.15, 0.2) is 0 Å². The van der Waals surface area contributed by atoms with Gasteiger partial charge in [-0.3, -0.25) is 14.5 Å². The van der Waals surface area contributed by atoms with Crippen LogP contribution < -0.4 is 15.8 Å². The molecule has 11 nitrogen and oxygen atoms in total. The number of aromatic nitrogens is 1. The Hall–Kier alpha value is -4.28. The van der Waals surface area contributed by atoms with Crippen LogP contribution >= 0.6 is 24.0 Å². The molecule has 5 aliphatic rings. The fourth-order valence-corrected chi connectivity index (χ4v) is 9.93. The minimum absolute atomic E-state index is 0.00291. The highest BCUT2D eigenvalue weighted by molar-refractivity contribution is 8.26. The third kappa shape index (κ3) is 8.92. The van der Waals surface area contributed by atoms with Crippen molar-refractivity contribution in [3.8, 4) is 28.8 Å². The van der Waals surface area contributed by atoms with Gasteiger partial charge in [0, 0.05) is 30.8 Å². The summed E-state index contributed by atoms with van der Waals surface area (Å²) in [5, 5.41) is 2.36. The van der Waals surface area contributed by atoms with Gasteiger partial charge in [-0.05, 0) is 107 Å². The number of esters is 1. The Bertz CT molecular complexity index is 1860. The summed E-state index contributed by atoms with van der Waals surface area (Å²) in [6.07, 6.45) is 7.66. The van der Waals surface area contributed by atoms with Gasteiger partial charge >= 0.3 is 12.1 Å². The Morgan fingerprint density at radius 1 is 1.11 bits per heavy atom. The number of unbranched alkanes of at least 4 members (excludes halogenated alkanes) is 1. The summed E-state index contributed by atoms with van der Waals surface area (Å²) in [5.74, 6) is 8.34. The van der Waals surface area contributed by atoms with Gasteiger partial charge < -0.3 is 29.8 Å². The van der Waals surface area contributed by atoms with Crippen LogP contribution in [0.1, 0.15) is 83.4 Å². The molecule has 5 fully saturated rings. The van der Waals surface area contributed by atoms with E-state index in [1.54, 1.807) is 27.9 Å². The smallest absolute Gasteiger partial charge is 0.408 e. The summed E-state index contributed by atoms with van der Waals surface area (Å²) >= 11 is 7.25. The van der Waals surface area contributed by atoms with Crippen molar-refractivity contribution in [2.24, 2.45) is 36.5 Å². The zero-order valence-electron chi connectivity index (χ0n) is 30.9. The van der Waals surface area contributed by atoms with Crippen LogP contribution in [0.15, 0.2) is 35.2 Å². The Kier molecular flexibility index (Phi) is 11.6. The summed E-state index contributed by atoms with van der Waals surface area (Å²) in [4.78, 5) is 53.0. The number of alkyl carbamates (subject to hydrolysis) is 1. The van der Waals surface area contributed by atoms with Crippen LogP contribution in [0, 0.1) is 35.5 Å². The van der Waals surface area contributed by atoms with Crippen molar-refractivity contribution in [3.05, 3.63) is 46.5 Å². The van der Waals surface area contributed by atoms with Gasteiger partial charge in [-0.25, -0.2) is 9.59 Å². The molecule has 282 valence electrons. The number of carbonyl (C=O) groups excluding carboxylic acids is 4. The van der Waals surface area contributed by atoms with Gasteiger partial charge in [0.25, 0.3) is 5.91 Å². The zero-order valence-corrected chi connectivity index (χ0v) is 32.6. The minimum Gasteiger partial charge on any atom is -0.497 e. The monoisotopic (exact) mass is 760 g/mol. The predicted molar refractivity (Wildman–Crippen MR) is 207 cm³/mol. The normalized spacial score (nSPS) is 24.5. The Labute approximate surface area is 320 Å². The second kappa shape index (κ2) is 16.0. The zero-order chi connectivity index (χ0) is 38.0. The lowest BCUT2D eigenvalue weighted by Crippen LogP contribution is -2.57. The van der Waals surface area contributed by atoms with Gasteiger partial charge in [0.05, 0.1) is 36.3 Å². The maximum atomic E-state index is 14.0. The summed E-state index contributed by atoms with van der Waals surface area (Å²) < 4.78 is 18.7. The molecule has 53 heavy (non-hydrogen) atoms. The molecule has 1 atom stereocenters. The summed E-state index contributed by atoms with van der Waals surface area (Å²) in [6, 6.07) is 8.66. The molecular weight excluding hydrogens is 713 g/mol. The molecule has 0 radical (unpaired) electrons. The van der Waals surface area contributed by atoms with Crippen molar-refractivity contribution < 1.29 is 33.4 Å². The summed E-state index contributed by atoms with van der Waals surface area (Å²) in [5.41, 5.74) is 7.87. The van der Waals surface area contributed by atoms with Gasteiger partial charge in [0.2, 0.25) is 5.91 Å². The average Bonchev–Trinajstić information content (AvgIpc) is 3.53. The molecule has 3 amide bonds. The number of nitrogens with one attached hydrogen (secondary N) is 1. The first-order valence-corrected chi connectivity index (χ1v) is 19.5. The molecule has 7 rings (SSSR count). The third-order valence-corrected chi connectivity index (χ3v) is 11.8. The lowest BCUT2D eigenvalue weighted by Gasteiger charge is -2.56. The van der Waals surface area contributed by atoms with E-state index in [0.717, 1.165) is 34.4 Å². The Morgan fingerprint density at radius 3 is 2.45 bits per heavy atom. The number of nitrogens with two attached hydrogens (primary N) is 1. The van der Waals surface area contributed by atoms with Crippen molar-refractivity contribution in [3.63, 3.8) is 0 Å². The fraction of sp³-hybridized carbons (Fsp3) is 0.525. The number of primary amides is 1. The summed E-state index contributed by atoms with van der Waals surface area (Å²) in [7, 11) is 3.58. The molecule has 1 aliphatic heterocycles. The topological polar surface area (TPSA) is 142 Å². The molecule has 4 aliphatic carbocycles. The van der Waals surface area contributed by atoms with E-state index in [1.807, 2.05) is 52.9 Å². The molecule has 2 aromatic rings. The molecule has 3 N–H and O–H groups in total. The molecule has 2 heterocycles. The summed E-state index contributed by atoms with van der Waals surface area (Å²) in [6.45, 7) is 5.07. The first-order valence-electron chi connectivity index (χ1n) is 18.2. The SMILES string of the molecule is COc1cccc(-c2c(C#CCCCOC(=O)[C@H](CC(N)=O)NC(=O)OC(C)(C)C)cc(/C=C3\SC(=S)N(C4C5CC6CC(C5)CC4C6)C3=O)n2C)c1. The Morgan fingerprint density at radius 2 is 1.81 bits per heavy atom. The van der Waals surface area contributed by atoms with Crippen LogP contribution in [0.2, 0.25) is 0 Å². The lowest BCUT2D eigenvalue weighted by atomic mass is 9.54. The molecule has 13 heteroatoms. The van der Waals surface area contributed by atoms with Gasteiger partial charge in [0.1, 0.15) is 21.7 Å². The van der Waals surface area contributed by atoms with Crippen LogP contribution in [0.3, 0.4) is 0 Å². The second-order valence-corrected chi connectivity index (χ2v) is 17.2. The van der Waals surface area contributed by atoms with Crippen molar-refractivity contribution in [1.29, 1.82) is 0 Å². The van der Waals surface area contributed by atoms with E-state index in [9.17, 15) is 19.2 Å². The van der Waals surface area contributed by atoms with Crippen LogP contribution in [0.5, 0.6) is 5.75 Å². The Balaban J connectivity index is 1.16. The number of hydrogen-bond donors (Lipinski definition) is 2. The van der Waals surface area contributed by atoms with E-state index in [1.165, 1.54) is 43.9 Å². The number of carbonyl (C=O) groups is 4. The van der Waals surface area contributed by atoms with Crippen LogP contribution in [0.25, 0.3) is 17.3 Å². The average molecular weight is 761 g/mol. The fourth-order valence-electron chi connectivity index (χ4n) is 8.60. The maximum Gasteiger partial charge on any atom is 0.408 e. The minimum atomic E-state index is -1.27. The number of thioether (sulfide) groups is 1. The van der Waals surface area contributed by atoms with Crippen LogP contribution in [-0.4, -0.2) is 69.1 Å². The number of methoxy groups -OCH3 is 1. The largest absolute Gasteiger partial charge is 0.497 e. The van der Waals surface area contributed by atoms with E-state index in [0.29, 0.717) is 39.7 Å². The first kappa shape index (κ1) is 38.4. The number of ether oxygens (including phenoxy) is 3. The number of nitrogens with zero attached hydrogens (tertiary/aromatic N) is 2. The number of hydrogen-bond acceptors (Lipinski definition) is 9. The molecule has 4 saturated carbocycles. The number of amides is 3. The quantitative estimate of drug-likeness (QED) is 0.0905. The maximum absolute atomic E-state index is 14.0. The molecule has 0 unspecified atom stereocenters. The number of benzene rings is 1. The van der Waals surface area contributed by atoms with Gasteiger partial charge in [-0.15, -0.1) is 0 Å². The molecule has 1 aromatic heterocycles. The van der Waals surface area contributed by atoms with E-state index in [-0.39, 0.29) is 18.6 Å². The number of rotatable bonds is 11. The standard InChI is InChI=1S/C40H48N4O7S2/c1-40(2,3)51-38(48)42-31(22-33(41)45)37(47)50-13-8-6-7-10-25-19-29(43(4)34(25)26-11-9-12-30(20-26)49-5)21-32-36(46)44(39(52)53-32)35-27-15-23-14-24(17-27)18-28(35)16-23/h9,11-12,19-21,23-24,27-28,31,35H,6,8,13-18,22H2,1-5H3,(H2,41,45)(H,42,48)/b32-21-/t23?,24?,27?,28?,31-,35?/m0/s1. The molecular formula is C40H48N4O7S2. The second-order valence-electron chi connectivity index (χ2n) is 15.5. The number of thiocarbonyl (C=S) groups is 1. The van der Waals surface area contributed by atoms with Crippen molar-refractivity contribution in [2.45, 2.75) is 89.8 Å². The molecule has 1 aromatic carbocycles. The van der Waals surface area contributed by atoms with Crippen molar-refractivity contribution >= 4 is 58.3 Å². The van der Waals surface area contributed by atoms with E-state index in [4.69, 9.17) is 32.2 Å². The highest BCUT2D eigenvalue weighted by Gasteiger charge is 2.53. The first-order chi connectivity index (χ1) is 25.2. The third-order valence-electron chi connectivity index (χ3n) is 10.5. The molecule has 4 bridgehead atoms. The highest BCUT2D eigenvalue weighted by Crippen LogP contribution is 2.56. The van der Waals surface area contributed by atoms with Gasteiger partial charge in [-0.1, -0.05) is 48.0 Å².